The molecule has 0 bridgehead atoms. The summed E-state index contributed by atoms with van der Waals surface area (Å²) < 4.78 is 6.80. The summed E-state index contributed by atoms with van der Waals surface area (Å²) >= 11 is 7.84. The fourth-order valence-corrected chi connectivity index (χ4v) is 4.40. The van der Waals surface area contributed by atoms with E-state index in [2.05, 4.69) is 30.3 Å². The average molecular weight is 301 g/mol. The van der Waals surface area contributed by atoms with Gasteiger partial charge in [0.05, 0.1) is 17.0 Å². The lowest BCUT2D eigenvalue weighted by molar-refractivity contribution is -0.0371. The van der Waals surface area contributed by atoms with Crippen LogP contribution in [0.2, 0.25) is 4.34 Å². The minimum absolute atomic E-state index is 0.289. The molecule has 0 amide bonds. The van der Waals surface area contributed by atoms with Gasteiger partial charge < -0.3 is 15.0 Å². The Balaban J connectivity index is 1.62. The first-order valence-corrected chi connectivity index (χ1v) is 8.17. The standard InChI is InChI=1S/C14H21ClN2OS/c1-9(12-8-17(2)5-6-18-12)16-11-3-4-13-10(11)7-14(15)19-13/h7,9,11-12,16H,3-6,8H2,1-2H3. The lowest BCUT2D eigenvalue weighted by Gasteiger charge is -2.35. The van der Waals surface area contributed by atoms with Crippen LogP contribution in [0.4, 0.5) is 0 Å². The SMILES string of the molecule is CC(NC1CCc2sc(Cl)cc21)C1CN(C)CCO1. The summed E-state index contributed by atoms with van der Waals surface area (Å²) in [6.45, 7) is 5.12. The van der Waals surface area contributed by atoms with Gasteiger partial charge in [0.2, 0.25) is 0 Å². The predicted octanol–water partition coefficient (Wildman–Crippen LogP) is 2.70. The number of nitrogens with zero attached hydrogens (tertiary/aromatic N) is 1. The highest BCUT2D eigenvalue weighted by molar-refractivity contribution is 7.16. The first kappa shape index (κ1) is 13.8. The molecule has 3 atom stereocenters. The van der Waals surface area contributed by atoms with Crippen LogP contribution >= 0.6 is 22.9 Å². The smallest absolute Gasteiger partial charge is 0.0934 e. The molecule has 2 heterocycles. The summed E-state index contributed by atoms with van der Waals surface area (Å²) in [4.78, 5) is 3.80. The number of hydrogen-bond donors (Lipinski definition) is 1. The van der Waals surface area contributed by atoms with Gasteiger partial charge in [0.15, 0.2) is 0 Å². The number of halogens is 1. The quantitative estimate of drug-likeness (QED) is 0.929. The van der Waals surface area contributed by atoms with Gasteiger partial charge in [-0.25, -0.2) is 0 Å². The van der Waals surface area contributed by atoms with E-state index in [0.717, 1.165) is 30.5 Å². The third kappa shape index (κ3) is 2.98. The van der Waals surface area contributed by atoms with Crippen LogP contribution < -0.4 is 5.32 Å². The Morgan fingerprint density at radius 3 is 3.21 bits per heavy atom. The molecule has 5 heteroatoms. The zero-order chi connectivity index (χ0) is 13.4. The monoisotopic (exact) mass is 300 g/mol. The second-order valence-electron chi connectivity index (χ2n) is 5.65. The Bertz CT molecular complexity index is 451. The van der Waals surface area contributed by atoms with Crippen molar-refractivity contribution in [2.75, 3.05) is 26.7 Å². The Labute approximate surface area is 123 Å². The van der Waals surface area contributed by atoms with Crippen LogP contribution in [0.15, 0.2) is 6.07 Å². The summed E-state index contributed by atoms with van der Waals surface area (Å²) in [6, 6.07) is 2.95. The molecule has 0 saturated carbocycles. The molecule has 1 aliphatic carbocycles. The molecule has 1 aliphatic heterocycles. The third-order valence-corrected chi connectivity index (χ3v) is 5.51. The van der Waals surface area contributed by atoms with E-state index in [4.69, 9.17) is 16.3 Å². The molecule has 106 valence electrons. The van der Waals surface area contributed by atoms with Crippen LogP contribution in [0, 0.1) is 0 Å². The van der Waals surface area contributed by atoms with Crippen molar-refractivity contribution in [1.29, 1.82) is 0 Å². The second kappa shape index (κ2) is 5.70. The Kier molecular flexibility index (Phi) is 4.15. The minimum atomic E-state index is 0.289. The summed E-state index contributed by atoms with van der Waals surface area (Å²) in [5.41, 5.74) is 1.41. The molecule has 1 aromatic rings. The van der Waals surface area contributed by atoms with Crippen LogP contribution in [0.1, 0.15) is 29.8 Å². The van der Waals surface area contributed by atoms with Gasteiger partial charge in [-0.3, -0.25) is 0 Å². The number of fused-ring (bicyclic) bond motifs is 1. The molecule has 2 aliphatic rings. The predicted molar refractivity (Wildman–Crippen MR) is 80.2 cm³/mol. The van der Waals surface area contributed by atoms with Crippen LogP contribution in [-0.4, -0.2) is 43.8 Å². The van der Waals surface area contributed by atoms with Crippen molar-refractivity contribution < 1.29 is 4.74 Å². The van der Waals surface area contributed by atoms with E-state index in [1.165, 1.54) is 16.9 Å². The maximum Gasteiger partial charge on any atom is 0.0934 e. The zero-order valence-corrected chi connectivity index (χ0v) is 13.1. The van der Waals surface area contributed by atoms with Crippen molar-refractivity contribution in [3.63, 3.8) is 0 Å². The average Bonchev–Trinajstić information content (AvgIpc) is 2.90. The highest BCUT2D eigenvalue weighted by Gasteiger charge is 2.30. The summed E-state index contributed by atoms with van der Waals surface area (Å²) in [5.74, 6) is 0. The molecule has 1 aromatic heterocycles. The van der Waals surface area contributed by atoms with E-state index >= 15 is 0 Å². The minimum Gasteiger partial charge on any atom is -0.374 e. The van der Waals surface area contributed by atoms with Gasteiger partial charge in [-0.05, 0) is 38.4 Å². The van der Waals surface area contributed by atoms with Crippen molar-refractivity contribution >= 4 is 22.9 Å². The van der Waals surface area contributed by atoms with Gasteiger partial charge in [-0.1, -0.05) is 11.6 Å². The molecule has 3 rings (SSSR count). The van der Waals surface area contributed by atoms with Crippen molar-refractivity contribution in [3.05, 3.63) is 20.8 Å². The first-order chi connectivity index (χ1) is 9.13. The molecule has 0 radical (unpaired) electrons. The number of ether oxygens (including phenoxy) is 1. The number of nitrogens with one attached hydrogen (secondary N) is 1. The highest BCUT2D eigenvalue weighted by atomic mass is 35.5. The number of likely N-dealkylation sites (N-methyl/N-ethyl adjacent to an activating group) is 1. The zero-order valence-electron chi connectivity index (χ0n) is 11.5. The topological polar surface area (TPSA) is 24.5 Å². The maximum absolute atomic E-state index is 6.11. The van der Waals surface area contributed by atoms with Gasteiger partial charge in [0.1, 0.15) is 0 Å². The van der Waals surface area contributed by atoms with Crippen LogP contribution in [0.5, 0.6) is 0 Å². The number of hydrogen-bond acceptors (Lipinski definition) is 4. The maximum atomic E-state index is 6.11. The second-order valence-corrected chi connectivity index (χ2v) is 7.42. The molecular weight excluding hydrogens is 280 g/mol. The van der Waals surface area contributed by atoms with Gasteiger partial charge >= 0.3 is 0 Å². The molecular formula is C14H21ClN2OS. The summed E-state index contributed by atoms with van der Waals surface area (Å²) in [7, 11) is 2.16. The fraction of sp³-hybridized carbons (Fsp3) is 0.714. The highest BCUT2D eigenvalue weighted by Crippen LogP contribution is 2.39. The number of rotatable bonds is 3. The third-order valence-electron chi connectivity index (χ3n) is 4.17. The molecule has 0 spiro atoms. The first-order valence-electron chi connectivity index (χ1n) is 6.98. The Hall–Kier alpha value is -0.130. The van der Waals surface area contributed by atoms with E-state index in [0.29, 0.717) is 12.1 Å². The van der Waals surface area contributed by atoms with E-state index in [1.54, 1.807) is 11.3 Å². The summed E-state index contributed by atoms with van der Waals surface area (Å²) in [5, 5.41) is 3.73. The van der Waals surface area contributed by atoms with Crippen molar-refractivity contribution in [3.8, 4) is 0 Å². The molecule has 1 N–H and O–H groups in total. The molecule has 19 heavy (non-hydrogen) atoms. The van der Waals surface area contributed by atoms with Gasteiger partial charge in [-0.2, -0.15) is 0 Å². The molecule has 0 aromatic carbocycles. The molecule has 1 fully saturated rings. The van der Waals surface area contributed by atoms with E-state index in [9.17, 15) is 0 Å². The normalized spacial score (nSPS) is 29.4. The number of thiophene rings is 1. The van der Waals surface area contributed by atoms with E-state index in [-0.39, 0.29) is 6.10 Å². The van der Waals surface area contributed by atoms with Gasteiger partial charge in [-0.15, -0.1) is 11.3 Å². The van der Waals surface area contributed by atoms with Crippen molar-refractivity contribution in [1.82, 2.24) is 10.2 Å². The van der Waals surface area contributed by atoms with Crippen LogP contribution in [0.3, 0.4) is 0 Å². The van der Waals surface area contributed by atoms with Gasteiger partial charge in [0.25, 0.3) is 0 Å². The number of morpholine rings is 1. The largest absolute Gasteiger partial charge is 0.374 e. The Morgan fingerprint density at radius 2 is 2.42 bits per heavy atom. The van der Waals surface area contributed by atoms with Crippen LogP contribution in [0.25, 0.3) is 0 Å². The lowest BCUT2D eigenvalue weighted by atomic mass is 10.1. The fourth-order valence-electron chi connectivity index (χ4n) is 3.04. The molecule has 3 unspecified atom stereocenters. The van der Waals surface area contributed by atoms with Crippen LogP contribution in [-0.2, 0) is 11.2 Å². The number of aryl methyl sites for hydroxylation is 1. The summed E-state index contributed by atoms with van der Waals surface area (Å²) in [6.07, 6.45) is 2.63. The van der Waals surface area contributed by atoms with E-state index in [1.807, 2.05) is 0 Å². The van der Waals surface area contributed by atoms with Crippen molar-refractivity contribution in [2.24, 2.45) is 0 Å². The lowest BCUT2D eigenvalue weighted by Crippen LogP contribution is -2.50. The van der Waals surface area contributed by atoms with Gasteiger partial charge in [0, 0.05) is 30.1 Å². The molecule has 1 saturated heterocycles. The van der Waals surface area contributed by atoms with E-state index < -0.39 is 0 Å². The Morgan fingerprint density at radius 1 is 1.58 bits per heavy atom. The van der Waals surface area contributed by atoms with Crippen molar-refractivity contribution in [2.45, 2.75) is 38.0 Å². The molecule has 3 nitrogen and oxygen atoms in total.